The van der Waals surface area contributed by atoms with E-state index in [0.29, 0.717) is 13.2 Å². The maximum atomic E-state index is 12.2. The van der Waals surface area contributed by atoms with Crippen molar-refractivity contribution in [2.75, 3.05) is 6.61 Å². The molecule has 2 atom stereocenters. The monoisotopic (exact) mass is 416 g/mol. The van der Waals surface area contributed by atoms with Gasteiger partial charge in [-0.2, -0.15) is 0 Å². The zero-order valence-electron chi connectivity index (χ0n) is 17.9. The molecule has 0 spiro atoms. The summed E-state index contributed by atoms with van der Waals surface area (Å²) in [6.07, 6.45) is 2.67. The second-order valence-electron chi connectivity index (χ2n) is 7.67. The molecule has 4 aromatic rings. The van der Waals surface area contributed by atoms with Gasteiger partial charge in [0, 0.05) is 23.0 Å². The molecule has 0 aliphatic rings. The fourth-order valence-corrected chi connectivity index (χ4v) is 4.17. The van der Waals surface area contributed by atoms with E-state index in [9.17, 15) is 4.79 Å². The number of H-pyrrole nitrogens is 1. The van der Waals surface area contributed by atoms with Gasteiger partial charge in [-0.25, -0.2) is 0 Å². The predicted molar refractivity (Wildman–Crippen MR) is 124 cm³/mol. The lowest BCUT2D eigenvalue weighted by atomic mass is 9.89. The van der Waals surface area contributed by atoms with Crippen LogP contribution in [0.5, 0.6) is 5.75 Å². The average Bonchev–Trinajstić information content (AvgIpc) is 3.21. The zero-order chi connectivity index (χ0) is 21.8. The van der Waals surface area contributed by atoms with Gasteiger partial charge in [-0.15, -0.1) is 0 Å². The van der Waals surface area contributed by atoms with Crippen molar-refractivity contribution >= 4 is 27.6 Å². The van der Waals surface area contributed by atoms with Crippen molar-refractivity contribution in [1.82, 2.24) is 4.98 Å². The van der Waals surface area contributed by atoms with Crippen molar-refractivity contribution in [2.45, 2.75) is 38.8 Å². The minimum Gasteiger partial charge on any atom is -0.489 e. The lowest BCUT2D eigenvalue weighted by molar-refractivity contribution is -0.145. The van der Waals surface area contributed by atoms with Gasteiger partial charge in [0.1, 0.15) is 18.4 Å². The third kappa shape index (κ3) is 4.28. The number of esters is 1. The summed E-state index contributed by atoms with van der Waals surface area (Å²) in [5, 5.41) is 3.41. The molecule has 3 aromatic carbocycles. The van der Waals surface area contributed by atoms with E-state index in [4.69, 9.17) is 15.2 Å². The number of rotatable bonds is 8. The third-order valence-corrected chi connectivity index (χ3v) is 5.79. The summed E-state index contributed by atoms with van der Waals surface area (Å²) in [4.78, 5) is 15.5. The highest BCUT2D eigenvalue weighted by Crippen LogP contribution is 2.33. The molecule has 0 aliphatic heterocycles. The summed E-state index contributed by atoms with van der Waals surface area (Å²) in [7, 11) is 0. The molecule has 31 heavy (non-hydrogen) atoms. The largest absolute Gasteiger partial charge is 0.489 e. The van der Waals surface area contributed by atoms with E-state index >= 15 is 0 Å². The van der Waals surface area contributed by atoms with Crippen molar-refractivity contribution in [1.29, 1.82) is 0 Å². The van der Waals surface area contributed by atoms with E-state index in [1.165, 1.54) is 10.8 Å². The topological polar surface area (TPSA) is 77.3 Å². The first-order valence-electron chi connectivity index (χ1n) is 10.7. The van der Waals surface area contributed by atoms with Crippen LogP contribution >= 0.6 is 0 Å². The van der Waals surface area contributed by atoms with Gasteiger partial charge in [-0.05, 0) is 53.4 Å². The first kappa shape index (κ1) is 20.9. The Morgan fingerprint density at radius 2 is 1.84 bits per heavy atom. The Balaban J connectivity index is 1.60. The van der Waals surface area contributed by atoms with E-state index in [-0.39, 0.29) is 11.9 Å². The molecule has 0 bridgehead atoms. The minimum absolute atomic E-state index is 0.138. The number of hydrogen-bond donors (Lipinski definition) is 2. The second-order valence-corrected chi connectivity index (χ2v) is 7.67. The Morgan fingerprint density at radius 1 is 1.03 bits per heavy atom. The highest BCUT2D eigenvalue weighted by molar-refractivity contribution is 5.87. The Hall–Kier alpha value is -3.31. The Morgan fingerprint density at radius 3 is 2.65 bits per heavy atom. The van der Waals surface area contributed by atoms with E-state index in [1.54, 1.807) is 6.92 Å². The molecule has 0 amide bonds. The quantitative estimate of drug-likeness (QED) is 0.383. The number of nitrogens with two attached hydrogens (primary N) is 1. The van der Waals surface area contributed by atoms with E-state index < -0.39 is 6.04 Å². The van der Waals surface area contributed by atoms with Crippen LogP contribution in [0.15, 0.2) is 66.9 Å². The van der Waals surface area contributed by atoms with Gasteiger partial charge in [0.2, 0.25) is 0 Å². The van der Waals surface area contributed by atoms with E-state index in [2.05, 4.69) is 35.3 Å². The Bertz CT molecular complexity index is 1190. The average molecular weight is 417 g/mol. The second kappa shape index (κ2) is 9.23. The minimum atomic E-state index is -0.704. The van der Waals surface area contributed by atoms with E-state index in [0.717, 1.165) is 34.2 Å². The van der Waals surface area contributed by atoms with Crippen molar-refractivity contribution < 1.29 is 14.3 Å². The first-order chi connectivity index (χ1) is 15.1. The summed E-state index contributed by atoms with van der Waals surface area (Å²) in [6.45, 7) is 4.62. The molecular formula is C26H28N2O3. The maximum Gasteiger partial charge on any atom is 0.323 e. The lowest BCUT2D eigenvalue weighted by Gasteiger charge is -2.21. The summed E-state index contributed by atoms with van der Waals surface area (Å²) < 4.78 is 11.3. The number of aromatic amines is 1. The molecule has 1 heterocycles. The highest BCUT2D eigenvalue weighted by Gasteiger charge is 2.28. The van der Waals surface area contributed by atoms with Crippen LogP contribution in [0.4, 0.5) is 0 Å². The van der Waals surface area contributed by atoms with Crippen molar-refractivity contribution in [2.24, 2.45) is 5.73 Å². The van der Waals surface area contributed by atoms with Crippen LogP contribution in [0.25, 0.3) is 21.7 Å². The zero-order valence-corrected chi connectivity index (χ0v) is 17.9. The fourth-order valence-electron chi connectivity index (χ4n) is 4.17. The van der Waals surface area contributed by atoms with Gasteiger partial charge in [0.05, 0.1) is 6.61 Å². The molecule has 3 N–H and O–H groups in total. The molecule has 160 valence electrons. The van der Waals surface area contributed by atoms with Gasteiger partial charge in [-0.1, -0.05) is 49.4 Å². The SMILES string of the molecule is CCOC(=O)C(N)C(CC)c1c[nH]c2ccc(OCc3cccc4ccccc34)cc12. The molecule has 0 saturated heterocycles. The number of carbonyl (C=O) groups excluding carboxylic acids is 1. The Labute approximate surface area is 182 Å². The van der Waals surface area contributed by atoms with Gasteiger partial charge in [0.25, 0.3) is 0 Å². The first-order valence-corrected chi connectivity index (χ1v) is 10.7. The number of nitrogens with one attached hydrogen (secondary N) is 1. The van der Waals surface area contributed by atoms with Gasteiger partial charge in [-0.3, -0.25) is 4.79 Å². The molecule has 0 fully saturated rings. The molecule has 4 rings (SSSR count). The summed E-state index contributed by atoms with van der Waals surface area (Å²) in [6, 6.07) is 19.8. The van der Waals surface area contributed by atoms with Gasteiger partial charge in [0.15, 0.2) is 0 Å². The number of benzene rings is 3. The molecule has 0 aliphatic carbocycles. The molecule has 0 radical (unpaired) electrons. The number of aromatic nitrogens is 1. The van der Waals surface area contributed by atoms with Crippen molar-refractivity contribution in [3.05, 3.63) is 78.0 Å². The predicted octanol–water partition coefficient (Wildman–Crippen LogP) is 5.28. The lowest BCUT2D eigenvalue weighted by Crippen LogP contribution is -2.38. The van der Waals surface area contributed by atoms with Gasteiger partial charge < -0.3 is 20.2 Å². The Kier molecular flexibility index (Phi) is 6.23. The number of hydrogen-bond acceptors (Lipinski definition) is 4. The number of fused-ring (bicyclic) bond motifs is 2. The van der Waals surface area contributed by atoms with Crippen LogP contribution in [0.1, 0.15) is 37.3 Å². The smallest absolute Gasteiger partial charge is 0.323 e. The van der Waals surface area contributed by atoms with E-state index in [1.807, 2.05) is 43.5 Å². The van der Waals surface area contributed by atoms with Crippen LogP contribution in [0, 0.1) is 0 Å². The summed E-state index contributed by atoms with van der Waals surface area (Å²) in [5.74, 6) is 0.272. The van der Waals surface area contributed by atoms with Crippen LogP contribution in [-0.2, 0) is 16.1 Å². The molecule has 1 aromatic heterocycles. The third-order valence-electron chi connectivity index (χ3n) is 5.79. The van der Waals surface area contributed by atoms with Crippen LogP contribution < -0.4 is 10.5 Å². The highest BCUT2D eigenvalue weighted by atomic mass is 16.5. The standard InChI is InChI=1S/C26H28N2O3/c1-3-20(25(27)26(29)30-4-2)23-15-28-24-13-12-19(14-22(23)24)31-16-18-10-7-9-17-8-5-6-11-21(17)18/h5-15,20,25,28H,3-4,16,27H2,1-2H3. The number of ether oxygens (including phenoxy) is 2. The van der Waals surface area contributed by atoms with Crippen LogP contribution in [0.2, 0.25) is 0 Å². The fraction of sp³-hybridized carbons (Fsp3) is 0.269. The van der Waals surface area contributed by atoms with Gasteiger partial charge >= 0.3 is 5.97 Å². The molecule has 5 heteroatoms. The number of carbonyl (C=O) groups is 1. The van der Waals surface area contributed by atoms with Crippen molar-refractivity contribution in [3.8, 4) is 5.75 Å². The van der Waals surface area contributed by atoms with Crippen LogP contribution in [0.3, 0.4) is 0 Å². The normalized spacial score (nSPS) is 13.3. The molecular weight excluding hydrogens is 388 g/mol. The molecule has 0 saturated carbocycles. The van der Waals surface area contributed by atoms with Crippen molar-refractivity contribution in [3.63, 3.8) is 0 Å². The summed E-state index contributed by atoms with van der Waals surface area (Å²) in [5.41, 5.74) is 9.38. The molecule has 2 unspecified atom stereocenters. The molecule has 5 nitrogen and oxygen atoms in total. The maximum absolute atomic E-state index is 12.2. The summed E-state index contributed by atoms with van der Waals surface area (Å²) >= 11 is 0. The van der Waals surface area contributed by atoms with Crippen LogP contribution in [-0.4, -0.2) is 23.6 Å².